The maximum atomic E-state index is 11.8. The lowest BCUT2D eigenvalue weighted by molar-refractivity contribution is -0.142. The molecule has 8 heteroatoms. The van der Waals surface area contributed by atoms with Crippen LogP contribution in [0.1, 0.15) is 20.3 Å². The first kappa shape index (κ1) is 15.9. The summed E-state index contributed by atoms with van der Waals surface area (Å²) in [7, 11) is 1.46. The summed E-state index contributed by atoms with van der Waals surface area (Å²) in [4.78, 5) is 47.9. The van der Waals surface area contributed by atoms with Gasteiger partial charge in [0.25, 0.3) is 5.91 Å². The van der Waals surface area contributed by atoms with Gasteiger partial charge in [-0.3, -0.25) is 14.5 Å². The molecule has 0 bridgehead atoms. The Balaban J connectivity index is 2.60. The lowest BCUT2D eigenvalue weighted by Gasteiger charge is -2.18. The molecule has 1 aliphatic rings. The molecule has 0 aromatic carbocycles. The Morgan fingerprint density at radius 3 is 2.35 bits per heavy atom. The third-order valence-corrected chi connectivity index (χ3v) is 2.87. The molecule has 1 atom stereocenters. The first-order valence-corrected chi connectivity index (χ1v) is 6.30. The Kier molecular flexibility index (Phi) is 5.06. The highest BCUT2D eigenvalue weighted by Gasteiger charge is 2.35. The van der Waals surface area contributed by atoms with Crippen LogP contribution in [-0.4, -0.2) is 64.9 Å². The van der Waals surface area contributed by atoms with E-state index in [4.69, 9.17) is 5.11 Å². The van der Waals surface area contributed by atoms with E-state index in [1.54, 1.807) is 0 Å². The normalized spacial score (nSPS) is 16.8. The first-order valence-electron chi connectivity index (χ1n) is 6.30. The maximum Gasteiger partial charge on any atom is 0.327 e. The van der Waals surface area contributed by atoms with E-state index in [1.165, 1.54) is 11.9 Å². The highest BCUT2D eigenvalue weighted by molar-refractivity contribution is 6.04. The molecule has 4 amide bonds. The van der Waals surface area contributed by atoms with Crippen LogP contribution < -0.4 is 5.32 Å². The average molecular weight is 285 g/mol. The van der Waals surface area contributed by atoms with Crippen LogP contribution in [0.15, 0.2) is 0 Å². The molecule has 0 aromatic heterocycles. The topological polar surface area (TPSA) is 107 Å². The van der Waals surface area contributed by atoms with Gasteiger partial charge < -0.3 is 15.3 Å². The van der Waals surface area contributed by atoms with Crippen molar-refractivity contribution in [3.8, 4) is 0 Å². The third kappa shape index (κ3) is 3.94. The fourth-order valence-corrected chi connectivity index (χ4v) is 1.90. The van der Waals surface area contributed by atoms with Crippen LogP contribution in [0.5, 0.6) is 0 Å². The molecule has 1 fully saturated rings. The molecule has 0 spiro atoms. The van der Waals surface area contributed by atoms with Crippen LogP contribution in [0.2, 0.25) is 0 Å². The Morgan fingerprint density at radius 2 is 1.95 bits per heavy atom. The summed E-state index contributed by atoms with van der Waals surface area (Å²) in [6.07, 6.45) is 0.281. The Labute approximate surface area is 116 Å². The number of aliphatic carboxylic acids is 1. The molecule has 1 unspecified atom stereocenters. The minimum absolute atomic E-state index is 0.0690. The summed E-state index contributed by atoms with van der Waals surface area (Å²) in [5.74, 6) is -2.17. The fraction of sp³-hybridized carbons (Fsp3) is 0.667. The van der Waals surface area contributed by atoms with E-state index in [-0.39, 0.29) is 18.9 Å². The predicted octanol–water partition coefficient (Wildman–Crippen LogP) is -0.504. The van der Waals surface area contributed by atoms with Gasteiger partial charge in [0.05, 0.1) is 0 Å². The third-order valence-electron chi connectivity index (χ3n) is 2.87. The number of amides is 4. The number of hydrogen-bond acceptors (Lipinski definition) is 4. The van der Waals surface area contributed by atoms with E-state index in [0.717, 1.165) is 4.90 Å². The Morgan fingerprint density at radius 1 is 1.35 bits per heavy atom. The predicted molar refractivity (Wildman–Crippen MR) is 68.8 cm³/mol. The lowest BCUT2D eigenvalue weighted by Crippen LogP contribution is -2.47. The lowest BCUT2D eigenvalue weighted by atomic mass is 10.0. The molecule has 8 nitrogen and oxygen atoms in total. The number of nitrogens with one attached hydrogen (secondary N) is 1. The van der Waals surface area contributed by atoms with Gasteiger partial charge in [-0.25, -0.2) is 9.59 Å². The van der Waals surface area contributed by atoms with E-state index in [9.17, 15) is 19.2 Å². The summed E-state index contributed by atoms with van der Waals surface area (Å²) in [5.41, 5.74) is 0. The van der Waals surface area contributed by atoms with Gasteiger partial charge >= 0.3 is 12.0 Å². The van der Waals surface area contributed by atoms with Gasteiger partial charge in [0.15, 0.2) is 0 Å². The summed E-state index contributed by atoms with van der Waals surface area (Å²) in [5, 5.41) is 11.3. The number of hydrogen-bond donors (Lipinski definition) is 2. The van der Waals surface area contributed by atoms with Crippen LogP contribution in [-0.2, 0) is 14.4 Å². The molecule has 0 saturated carbocycles. The SMILES string of the molecule is CC(C)CC(NC(=O)CN1C(=O)CN(C)C1=O)C(=O)O. The number of carbonyl (C=O) groups excluding carboxylic acids is 3. The number of likely N-dealkylation sites (N-methyl/N-ethyl adjacent to an activating group) is 1. The van der Waals surface area contributed by atoms with E-state index in [0.29, 0.717) is 0 Å². The van der Waals surface area contributed by atoms with Crippen molar-refractivity contribution in [3.05, 3.63) is 0 Å². The van der Waals surface area contributed by atoms with Crippen LogP contribution in [0.3, 0.4) is 0 Å². The maximum absolute atomic E-state index is 11.8. The number of carboxylic acid groups (broad SMARTS) is 1. The van der Waals surface area contributed by atoms with Gasteiger partial charge in [0, 0.05) is 7.05 Å². The quantitative estimate of drug-likeness (QED) is 0.639. The van der Waals surface area contributed by atoms with E-state index < -0.39 is 36.4 Å². The Bertz CT molecular complexity index is 435. The molecule has 1 aliphatic heterocycles. The second-order valence-electron chi connectivity index (χ2n) is 5.21. The number of imide groups is 1. The summed E-state index contributed by atoms with van der Waals surface area (Å²) >= 11 is 0. The highest BCUT2D eigenvalue weighted by Crippen LogP contribution is 2.08. The molecular weight excluding hydrogens is 266 g/mol. The molecule has 2 N–H and O–H groups in total. The largest absolute Gasteiger partial charge is 0.480 e. The zero-order valence-corrected chi connectivity index (χ0v) is 11.8. The van der Waals surface area contributed by atoms with Crippen molar-refractivity contribution in [2.45, 2.75) is 26.3 Å². The van der Waals surface area contributed by atoms with Crippen molar-refractivity contribution in [1.29, 1.82) is 0 Å². The smallest absolute Gasteiger partial charge is 0.327 e. The monoisotopic (exact) mass is 285 g/mol. The van der Waals surface area contributed by atoms with Gasteiger partial charge in [-0.05, 0) is 12.3 Å². The molecule has 1 heterocycles. The Hall–Kier alpha value is -2.12. The van der Waals surface area contributed by atoms with Crippen molar-refractivity contribution < 1.29 is 24.3 Å². The minimum atomic E-state index is -1.14. The van der Waals surface area contributed by atoms with Gasteiger partial charge in [-0.2, -0.15) is 0 Å². The summed E-state index contributed by atoms with van der Waals surface area (Å²) in [6.45, 7) is 3.15. The molecule has 112 valence electrons. The second-order valence-corrected chi connectivity index (χ2v) is 5.21. The zero-order valence-electron chi connectivity index (χ0n) is 11.8. The molecule has 20 heavy (non-hydrogen) atoms. The van der Waals surface area contributed by atoms with Crippen molar-refractivity contribution in [2.24, 2.45) is 5.92 Å². The molecule has 0 aliphatic carbocycles. The van der Waals surface area contributed by atoms with E-state index in [2.05, 4.69) is 5.32 Å². The van der Waals surface area contributed by atoms with Crippen LogP contribution >= 0.6 is 0 Å². The van der Waals surface area contributed by atoms with Crippen LogP contribution in [0.4, 0.5) is 4.79 Å². The summed E-state index contributed by atoms with van der Waals surface area (Å²) in [6, 6.07) is -1.58. The molecular formula is C12H19N3O5. The zero-order chi connectivity index (χ0) is 15.4. The van der Waals surface area contributed by atoms with Crippen molar-refractivity contribution in [2.75, 3.05) is 20.1 Å². The summed E-state index contributed by atoms with van der Waals surface area (Å²) < 4.78 is 0. The number of rotatable bonds is 6. The van der Waals surface area contributed by atoms with E-state index >= 15 is 0 Å². The number of carbonyl (C=O) groups is 4. The van der Waals surface area contributed by atoms with Crippen LogP contribution in [0.25, 0.3) is 0 Å². The number of urea groups is 1. The standard InChI is InChI=1S/C12H19N3O5/c1-7(2)4-8(11(18)19)13-9(16)5-15-10(17)6-14(3)12(15)20/h7-8H,4-6H2,1-3H3,(H,13,16)(H,18,19). The first-order chi connectivity index (χ1) is 9.22. The number of carboxylic acids is 1. The number of nitrogens with zero attached hydrogens (tertiary/aromatic N) is 2. The van der Waals surface area contributed by atoms with Crippen molar-refractivity contribution in [1.82, 2.24) is 15.1 Å². The highest BCUT2D eigenvalue weighted by atomic mass is 16.4. The van der Waals surface area contributed by atoms with Gasteiger partial charge in [0.1, 0.15) is 19.1 Å². The van der Waals surface area contributed by atoms with Gasteiger partial charge in [-0.15, -0.1) is 0 Å². The van der Waals surface area contributed by atoms with Gasteiger partial charge in [-0.1, -0.05) is 13.8 Å². The van der Waals surface area contributed by atoms with E-state index in [1.807, 2.05) is 13.8 Å². The molecule has 0 radical (unpaired) electrons. The molecule has 0 aromatic rings. The van der Waals surface area contributed by atoms with Crippen molar-refractivity contribution >= 4 is 23.8 Å². The minimum Gasteiger partial charge on any atom is -0.480 e. The molecule has 1 rings (SSSR count). The molecule has 1 saturated heterocycles. The fourth-order valence-electron chi connectivity index (χ4n) is 1.90. The van der Waals surface area contributed by atoms with Gasteiger partial charge in [0.2, 0.25) is 5.91 Å². The van der Waals surface area contributed by atoms with Crippen molar-refractivity contribution in [3.63, 3.8) is 0 Å². The average Bonchev–Trinajstić information content (AvgIpc) is 2.54. The van der Waals surface area contributed by atoms with Crippen LogP contribution in [0, 0.1) is 5.92 Å². The second kappa shape index (κ2) is 6.36.